The zero-order valence-electron chi connectivity index (χ0n) is 13.0. The third-order valence-electron chi connectivity index (χ3n) is 5.21. The van der Waals surface area contributed by atoms with Gasteiger partial charge in [0, 0.05) is 35.3 Å². The van der Waals surface area contributed by atoms with Gasteiger partial charge >= 0.3 is 0 Å². The van der Waals surface area contributed by atoms with Crippen LogP contribution in [0.5, 0.6) is 0 Å². The van der Waals surface area contributed by atoms with Gasteiger partial charge in [0.25, 0.3) is 0 Å². The second kappa shape index (κ2) is 5.84. The summed E-state index contributed by atoms with van der Waals surface area (Å²) in [7, 11) is 0. The van der Waals surface area contributed by atoms with Crippen molar-refractivity contribution in [1.82, 2.24) is 14.8 Å². The van der Waals surface area contributed by atoms with Crippen LogP contribution >= 0.6 is 0 Å². The molecule has 2 N–H and O–H groups in total. The molecule has 2 heterocycles. The topological polar surface area (TPSA) is 56.7 Å². The molecule has 4 rings (SSSR count). The van der Waals surface area contributed by atoms with E-state index >= 15 is 0 Å². The fourth-order valence-corrected chi connectivity index (χ4v) is 4.10. The minimum atomic E-state index is 0.122. The molecule has 0 bridgehead atoms. The Morgan fingerprint density at radius 2 is 1.95 bits per heavy atom. The van der Waals surface area contributed by atoms with Crippen LogP contribution in [0.15, 0.2) is 24.5 Å². The summed E-state index contributed by atoms with van der Waals surface area (Å²) in [5, 5.41) is 5.03. The molecule has 0 aromatic carbocycles. The van der Waals surface area contributed by atoms with Crippen LogP contribution in [0.25, 0.3) is 11.3 Å². The van der Waals surface area contributed by atoms with E-state index in [9.17, 15) is 0 Å². The molecule has 1 unspecified atom stereocenters. The van der Waals surface area contributed by atoms with Crippen LogP contribution in [0.2, 0.25) is 0 Å². The van der Waals surface area contributed by atoms with Crippen molar-refractivity contribution in [2.24, 2.45) is 5.73 Å². The predicted octanol–water partition coefficient (Wildman–Crippen LogP) is 3.79. The lowest BCUT2D eigenvalue weighted by molar-refractivity contribution is 0.319. The van der Waals surface area contributed by atoms with Gasteiger partial charge in [-0.15, -0.1) is 0 Å². The molecule has 1 atom stereocenters. The van der Waals surface area contributed by atoms with Crippen molar-refractivity contribution in [3.05, 3.63) is 35.8 Å². The van der Waals surface area contributed by atoms with Crippen LogP contribution < -0.4 is 5.73 Å². The van der Waals surface area contributed by atoms with Gasteiger partial charge in [-0.1, -0.05) is 19.3 Å². The lowest BCUT2D eigenvalue weighted by Crippen LogP contribution is -2.21. The van der Waals surface area contributed by atoms with E-state index in [4.69, 9.17) is 10.8 Å². The van der Waals surface area contributed by atoms with Crippen molar-refractivity contribution in [2.45, 2.75) is 63.5 Å². The van der Waals surface area contributed by atoms with E-state index in [1.165, 1.54) is 49.8 Å². The van der Waals surface area contributed by atoms with E-state index in [0.717, 1.165) is 24.1 Å². The van der Waals surface area contributed by atoms with E-state index in [-0.39, 0.29) is 6.04 Å². The quantitative estimate of drug-likeness (QED) is 0.917. The first kappa shape index (κ1) is 13.9. The maximum atomic E-state index is 6.45. The van der Waals surface area contributed by atoms with E-state index in [1.807, 2.05) is 18.5 Å². The van der Waals surface area contributed by atoms with Crippen LogP contribution in [-0.4, -0.2) is 14.8 Å². The minimum Gasteiger partial charge on any atom is -0.324 e. The van der Waals surface area contributed by atoms with Crippen molar-refractivity contribution < 1.29 is 0 Å². The largest absolute Gasteiger partial charge is 0.324 e. The zero-order chi connectivity index (χ0) is 14.9. The molecule has 0 saturated heterocycles. The average molecular weight is 296 g/mol. The van der Waals surface area contributed by atoms with Gasteiger partial charge in [-0.25, -0.2) is 0 Å². The zero-order valence-corrected chi connectivity index (χ0v) is 13.0. The number of nitrogens with zero attached hydrogens (tertiary/aromatic N) is 3. The summed E-state index contributed by atoms with van der Waals surface area (Å²) in [4.78, 5) is 4.27. The van der Waals surface area contributed by atoms with Gasteiger partial charge < -0.3 is 5.73 Å². The normalized spacial score (nSPS) is 22.5. The summed E-state index contributed by atoms with van der Waals surface area (Å²) in [6.07, 6.45) is 13.6. The van der Waals surface area contributed by atoms with Gasteiger partial charge in [0.2, 0.25) is 0 Å². The number of fused-ring (bicyclic) bond motifs is 1. The van der Waals surface area contributed by atoms with Crippen LogP contribution in [0, 0.1) is 0 Å². The Morgan fingerprint density at radius 3 is 2.73 bits per heavy atom. The Kier molecular flexibility index (Phi) is 3.70. The van der Waals surface area contributed by atoms with Crippen molar-refractivity contribution in [3.8, 4) is 11.3 Å². The molecule has 2 aromatic rings. The maximum Gasteiger partial charge on any atom is 0.0989 e. The summed E-state index contributed by atoms with van der Waals surface area (Å²) >= 11 is 0. The molecular formula is C18H24N4. The van der Waals surface area contributed by atoms with Crippen molar-refractivity contribution in [3.63, 3.8) is 0 Å². The predicted molar refractivity (Wildman–Crippen MR) is 87.4 cm³/mol. The highest BCUT2D eigenvalue weighted by Gasteiger charge is 2.30. The lowest BCUT2D eigenvalue weighted by Gasteiger charge is -2.26. The minimum absolute atomic E-state index is 0.122. The number of pyridine rings is 1. The first-order valence-electron chi connectivity index (χ1n) is 8.62. The fraction of sp³-hybridized carbons (Fsp3) is 0.556. The second-order valence-corrected chi connectivity index (χ2v) is 6.69. The number of hydrogen-bond donors (Lipinski definition) is 1. The monoisotopic (exact) mass is 296 g/mol. The highest BCUT2D eigenvalue weighted by Crippen LogP contribution is 2.39. The third kappa shape index (κ3) is 2.35. The summed E-state index contributed by atoms with van der Waals surface area (Å²) < 4.78 is 2.33. The molecule has 4 heteroatoms. The summed E-state index contributed by atoms with van der Waals surface area (Å²) in [6, 6.07) is 4.77. The Labute approximate surface area is 131 Å². The summed E-state index contributed by atoms with van der Waals surface area (Å²) in [5.74, 6) is 0. The van der Waals surface area contributed by atoms with Crippen LogP contribution in [-0.2, 0) is 6.42 Å². The smallest absolute Gasteiger partial charge is 0.0989 e. The third-order valence-corrected chi connectivity index (χ3v) is 5.21. The molecule has 1 fully saturated rings. The van der Waals surface area contributed by atoms with Gasteiger partial charge in [-0.3, -0.25) is 9.67 Å². The molecular weight excluding hydrogens is 272 g/mol. The molecule has 4 nitrogen and oxygen atoms in total. The Morgan fingerprint density at radius 1 is 1.09 bits per heavy atom. The highest BCUT2D eigenvalue weighted by atomic mass is 15.3. The summed E-state index contributed by atoms with van der Waals surface area (Å²) in [5.41, 5.74) is 11.3. The Bertz CT molecular complexity index is 641. The molecule has 0 radical (unpaired) electrons. The van der Waals surface area contributed by atoms with Gasteiger partial charge in [0.1, 0.15) is 0 Å². The Hall–Kier alpha value is -1.68. The lowest BCUT2D eigenvalue weighted by atomic mass is 9.89. The second-order valence-electron chi connectivity index (χ2n) is 6.69. The standard InChI is InChI=1S/C18H24N4/c19-15-9-4-10-16-17(15)18(13-6-5-11-20-12-13)21-22(16)14-7-2-1-3-8-14/h5-6,11-12,14-15H,1-4,7-10,19H2. The van der Waals surface area contributed by atoms with Gasteiger partial charge in [0.05, 0.1) is 11.7 Å². The van der Waals surface area contributed by atoms with E-state index in [2.05, 4.69) is 15.7 Å². The molecule has 0 amide bonds. The molecule has 2 aliphatic rings. The van der Waals surface area contributed by atoms with E-state index in [1.54, 1.807) is 0 Å². The number of aromatic nitrogens is 3. The number of rotatable bonds is 2. The maximum absolute atomic E-state index is 6.45. The molecule has 0 spiro atoms. The first-order chi connectivity index (χ1) is 10.8. The first-order valence-corrected chi connectivity index (χ1v) is 8.62. The van der Waals surface area contributed by atoms with Crippen molar-refractivity contribution >= 4 is 0 Å². The van der Waals surface area contributed by atoms with Gasteiger partial charge in [-0.05, 0) is 44.2 Å². The SMILES string of the molecule is NC1CCCc2c1c(-c1cccnc1)nn2C1CCCCC1. The summed E-state index contributed by atoms with van der Waals surface area (Å²) in [6.45, 7) is 0. The van der Waals surface area contributed by atoms with Crippen LogP contribution in [0.1, 0.15) is 68.3 Å². The molecule has 0 aliphatic heterocycles. The van der Waals surface area contributed by atoms with Crippen LogP contribution in [0.4, 0.5) is 0 Å². The van der Waals surface area contributed by atoms with Crippen molar-refractivity contribution in [2.75, 3.05) is 0 Å². The molecule has 2 aromatic heterocycles. The number of hydrogen-bond acceptors (Lipinski definition) is 3. The molecule has 22 heavy (non-hydrogen) atoms. The molecule has 2 aliphatic carbocycles. The van der Waals surface area contributed by atoms with Gasteiger partial charge in [-0.2, -0.15) is 5.10 Å². The fourth-order valence-electron chi connectivity index (χ4n) is 4.10. The molecule has 1 saturated carbocycles. The van der Waals surface area contributed by atoms with Gasteiger partial charge in [0.15, 0.2) is 0 Å². The number of nitrogens with two attached hydrogens (primary N) is 1. The Balaban J connectivity index is 1.83. The average Bonchev–Trinajstić information content (AvgIpc) is 2.98. The highest BCUT2D eigenvalue weighted by molar-refractivity contribution is 5.64. The van der Waals surface area contributed by atoms with E-state index < -0.39 is 0 Å². The molecule has 116 valence electrons. The van der Waals surface area contributed by atoms with Crippen LogP contribution in [0.3, 0.4) is 0 Å². The van der Waals surface area contributed by atoms with E-state index in [0.29, 0.717) is 6.04 Å². The van der Waals surface area contributed by atoms with Crippen molar-refractivity contribution in [1.29, 1.82) is 0 Å².